The predicted octanol–water partition coefficient (Wildman–Crippen LogP) is 3.66. The zero-order chi connectivity index (χ0) is 13.1. The van der Waals surface area contributed by atoms with Gasteiger partial charge < -0.3 is 5.32 Å². The molecule has 18 heavy (non-hydrogen) atoms. The molecule has 4 nitrogen and oxygen atoms in total. The molecule has 0 aliphatic carbocycles. The molecule has 2 aromatic rings. The molecule has 0 radical (unpaired) electrons. The molecule has 0 aliphatic heterocycles. The van der Waals surface area contributed by atoms with Crippen molar-refractivity contribution < 1.29 is 0 Å². The molecule has 1 atom stereocenters. The van der Waals surface area contributed by atoms with Crippen LogP contribution in [0.4, 0.5) is 5.82 Å². The van der Waals surface area contributed by atoms with Crippen molar-refractivity contribution >= 4 is 29.0 Å². The molecular weight excluding hydrogens is 271 g/mol. The van der Waals surface area contributed by atoms with Crippen LogP contribution in [0.3, 0.4) is 0 Å². The van der Waals surface area contributed by atoms with Crippen LogP contribution in [0.2, 0.25) is 10.4 Å². The summed E-state index contributed by atoms with van der Waals surface area (Å²) in [6.07, 6.45) is 0. The van der Waals surface area contributed by atoms with E-state index >= 15 is 0 Å². The highest BCUT2D eigenvalue weighted by molar-refractivity contribution is 6.32. The fraction of sp³-hybridized carbons (Fsp3) is 0.250. The van der Waals surface area contributed by atoms with Gasteiger partial charge in [0.25, 0.3) is 0 Å². The van der Waals surface area contributed by atoms with Gasteiger partial charge in [0.2, 0.25) is 5.28 Å². The van der Waals surface area contributed by atoms with Gasteiger partial charge in [-0.15, -0.1) is 10.2 Å². The Morgan fingerprint density at radius 1 is 1.17 bits per heavy atom. The summed E-state index contributed by atoms with van der Waals surface area (Å²) >= 11 is 11.6. The lowest BCUT2D eigenvalue weighted by Gasteiger charge is -2.17. The van der Waals surface area contributed by atoms with E-state index in [1.54, 1.807) is 0 Å². The molecule has 94 valence electrons. The number of benzene rings is 1. The van der Waals surface area contributed by atoms with Crippen molar-refractivity contribution in [3.05, 3.63) is 45.8 Å². The monoisotopic (exact) mass is 282 g/mol. The Morgan fingerprint density at radius 3 is 2.61 bits per heavy atom. The predicted molar refractivity (Wildman–Crippen MR) is 73.1 cm³/mol. The molecule has 1 aromatic carbocycles. The van der Waals surface area contributed by atoms with Gasteiger partial charge in [-0.05, 0) is 36.6 Å². The Morgan fingerprint density at radius 2 is 1.89 bits per heavy atom. The molecule has 0 saturated carbocycles. The molecule has 2 rings (SSSR count). The van der Waals surface area contributed by atoms with E-state index in [1.165, 1.54) is 11.1 Å². The van der Waals surface area contributed by atoms with Crippen LogP contribution in [0, 0.1) is 6.92 Å². The molecule has 0 amide bonds. The van der Waals surface area contributed by atoms with Crippen molar-refractivity contribution in [2.45, 2.75) is 19.9 Å². The molecule has 0 bridgehead atoms. The Kier molecular flexibility index (Phi) is 3.99. The zero-order valence-electron chi connectivity index (χ0n) is 9.98. The lowest BCUT2D eigenvalue weighted by molar-refractivity contribution is 0.851. The number of rotatable bonds is 3. The molecule has 1 unspecified atom stereocenters. The van der Waals surface area contributed by atoms with E-state index in [-0.39, 0.29) is 16.5 Å². The molecule has 0 spiro atoms. The average molecular weight is 283 g/mol. The Bertz CT molecular complexity index is 560. The van der Waals surface area contributed by atoms with E-state index < -0.39 is 0 Å². The SMILES string of the molecule is Cc1ccccc1C(C)Nc1nc(Cl)nnc1Cl. The molecular formula is C12H12Cl2N4. The Labute approximate surface area is 115 Å². The third kappa shape index (κ3) is 2.89. The van der Waals surface area contributed by atoms with Crippen LogP contribution < -0.4 is 5.32 Å². The van der Waals surface area contributed by atoms with Crippen molar-refractivity contribution in [3.8, 4) is 0 Å². The molecule has 6 heteroatoms. The summed E-state index contributed by atoms with van der Waals surface area (Å²) in [4.78, 5) is 4.02. The fourth-order valence-electron chi connectivity index (χ4n) is 1.74. The van der Waals surface area contributed by atoms with Crippen LogP contribution in [0.15, 0.2) is 24.3 Å². The van der Waals surface area contributed by atoms with E-state index in [2.05, 4.69) is 39.6 Å². The first-order valence-corrected chi connectivity index (χ1v) is 6.21. The number of aromatic nitrogens is 3. The molecule has 0 saturated heterocycles. The normalized spacial score (nSPS) is 12.2. The molecule has 1 aromatic heterocycles. The highest BCUT2D eigenvalue weighted by Crippen LogP contribution is 2.24. The number of aryl methyl sites for hydroxylation is 1. The van der Waals surface area contributed by atoms with E-state index in [9.17, 15) is 0 Å². The second kappa shape index (κ2) is 5.50. The molecule has 1 heterocycles. The molecule has 0 aliphatic rings. The van der Waals surface area contributed by atoms with Crippen molar-refractivity contribution in [1.82, 2.24) is 15.2 Å². The topological polar surface area (TPSA) is 50.7 Å². The van der Waals surface area contributed by atoms with E-state index in [1.807, 2.05) is 19.1 Å². The summed E-state index contributed by atoms with van der Waals surface area (Å²) in [7, 11) is 0. The van der Waals surface area contributed by atoms with E-state index in [4.69, 9.17) is 23.2 Å². The smallest absolute Gasteiger partial charge is 0.245 e. The van der Waals surface area contributed by atoms with Gasteiger partial charge in [0, 0.05) is 0 Å². The van der Waals surface area contributed by atoms with Crippen molar-refractivity contribution in [2.24, 2.45) is 0 Å². The first-order chi connectivity index (χ1) is 8.58. The zero-order valence-corrected chi connectivity index (χ0v) is 11.5. The van der Waals surface area contributed by atoms with Crippen LogP contribution in [0.25, 0.3) is 0 Å². The number of hydrogen-bond acceptors (Lipinski definition) is 4. The summed E-state index contributed by atoms with van der Waals surface area (Å²) in [5.41, 5.74) is 2.37. The van der Waals surface area contributed by atoms with Crippen molar-refractivity contribution in [3.63, 3.8) is 0 Å². The van der Waals surface area contributed by atoms with Gasteiger partial charge in [0.05, 0.1) is 6.04 Å². The lowest BCUT2D eigenvalue weighted by Crippen LogP contribution is -2.10. The van der Waals surface area contributed by atoms with Crippen molar-refractivity contribution in [2.75, 3.05) is 5.32 Å². The van der Waals surface area contributed by atoms with Crippen LogP contribution in [0.5, 0.6) is 0 Å². The molecule has 1 N–H and O–H groups in total. The van der Waals surface area contributed by atoms with Gasteiger partial charge in [-0.2, -0.15) is 4.98 Å². The van der Waals surface area contributed by atoms with Gasteiger partial charge in [-0.25, -0.2) is 0 Å². The summed E-state index contributed by atoms with van der Waals surface area (Å²) in [6, 6.07) is 8.16. The minimum Gasteiger partial charge on any atom is -0.361 e. The number of hydrogen-bond donors (Lipinski definition) is 1. The number of nitrogens with zero attached hydrogens (tertiary/aromatic N) is 3. The van der Waals surface area contributed by atoms with Gasteiger partial charge in [0.15, 0.2) is 11.0 Å². The Balaban J connectivity index is 2.24. The van der Waals surface area contributed by atoms with Gasteiger partial charge >= 0.3 is 0 Å². The summed E-state index contributed by atoms with van der Waals surface area (Å²) in [6.45, 7) is 4.08. The first kappa shape index (κ1) is 13.1. The number of halogens is 2. The number of nitrogens with one attached hydrogen (secondary N) is 1. The van der Waals surface area contributed by atoms with Gasteiger partial charge in [-0.1, -0.05) is 35.9 Å². The minimum atomic E-state index is 0.0523. The molecule has 0 fully saturated rings. The van der Waals surface area contributed by atoms with Gasteiger partial charge in [0.1, 0.15) is 0 Å². The van der Waals surface area contributed by atoms with E-state index in [0.717, 1.165) is 0 Å². The third-order valence-corrected chi connectivity index (χ3v) is 3.04. The van der Waals surface area contributed by atoms with Gasteiger partial charge in [-0.3, -0.25) is 0 Å². The number of anilines is 1. The fourth-order valence-corrected chi connectivity index (χ4v) is 2.00. The average Bonchev–Trinajstić information content (AvgIpc) is 2.34. The Hall–Kier alpha value is -1.39. The highest BCUT2D eigenvalue weighted by atomic mass is 35.5. The quantitative estimate of drug-likeness (QED) is 0.934. The second-order valence-corrected chi connectivity index (χ2v) is 4.64. The highest BCUT2D eigenvalue weighted by Gasteiger charge is 2.12. The largest absolute Gasteiger partial charge is 0.361 e. The standard InChI is InChI=1S/C12H12Cl2N4/c1-7-5-3-4-6-9(7)8(2)15-11-10(13)17-18-12(14)16-11/h3-6,8H,1-2H3,(H,15,16,18). The maximum Gasteiger partial charge on any atom is 0.245 e. The second-order valence-electron chi connectivity index (χ2n) is 3.94. The first-order valence-electron chi connectivity index (χ1n) is 5.45. The van der Waals surface area contributed by atoms with Crippen molar-refractivity contribution in [1.29, 1.82) is 0 Å². The maximum atomic E-state index is 5.91. The van der Waals surface area contributed by atoms with Crippen LogP contribution >= 0.6 is 23.2 Å². The summed E-state index contributed by atoms with van der Waals surface area (Å²) in [5, 5.41) is 10.7. The third-order valence-electron chi connectivity index (χ3n) is 2.63. The maximum absolute atomic E-state index is 5.91. The lowest BCUT2D eigenvalue weighted by atomic mass is 10.0. The van der Waals surface area contributed by atoms with Crippen LogP contribution in [-0.4, -0.2) is 15.2 Å². The van der Waals surface area contributed by atoms with Crippen LogP contribution in [0.1, 0.15) is 24.1 Å². The summed E-state index contributed by atoms with van der Waals surface area (Å²) in [5.74, 6) is 0.437. The van der Waals surface area contributed by atoms with Crippen LogP contribution in [-0.2, 0) is 0 Å². The van der Waals surface area contributed by atoms with E-state index in [0.29, 0.717) is 5.82 Å². The summed E-state index contributed by atoms with van der Waals surface area (Å²) < 4.78 is 0. The minimum absolute atomic E-state index is 0.0523.